The van der Waals surface area contributed by atoms with Crippen molar-refractivity contribution in [1.29, 1.82) is 0 Å². The van der Waals surface area contributed by atoms with Gasteiger partial charge >= 0.3 is 5.97 Å². The highest BCUT2D eigenvalue weighted by molar-refractivity contribution is 5.69. The summed E-state index contributed by atoms with van der Waals surface area (Å²) in [5.74, 6) is 3.14. The van der Waals surface area contributed by atoms with Gasteiger partial charge in [-0.2, -0.15) is 0 Å². The predicted molar refractivity (Wildman–Crippen MR) is 199 cm³/mol. The molecular weight excluding hydrogens is 550 g/mol. The quantitative estimate of drug-likeness (QED) is 0.0433. The maximum Gasteiger partial charge on any atom is 0.305 e. The molecular formula is C42H81NO2. The Balaban J connectivity index is 2.25. The fraction of sp³-hybridized carbons (Fsp3) is 0.929. The molecule has 1 rings (SSSR count). The van der Waals surface area contributed by atoms with Gasteiger partial charge in [0.25, 0.3) is 0 Å². The first-order chi connectivity index (χ1) is 21.9. The highest BCUT2D eigenvalue weighted by Crippen LogP contribution is 2.32. The third kappa shape index (κ3) is 22.4. The Bertz CT molecular complexity index is 676. The van der Waals surface area contributed by atoms with E-state index in [0.717, 1.165) is 42.9 Å². The van der Waals surface area contributed by atoms with Crippen LogP contribution in [0.4, 0.5) is 0 Å². The molecule has 0 aromatic carbocycles. The Morgan fingerprint density at radius 1 is 0.644 bits per heavy atom. The van der Waals surface area contributed by atoms with E-state index >= 15 is 0 Å². The van der Waals surface area contributed by atoms with Crippen molar-refractivity contribution in [3.05, 3.63) is 12.2 Å². The van der Waals surface area contributed by atoms with Gasteiger partial charge < -0.3 is 9.64 Å². The molecule has 2 atom stereocenters. The molecule has 3 heteroatoms. The van der Waals surface area contributed by atoms with Crippen molar-refractivity contribution < 1.29 is 9.53 Å². The molecule has 0 aliphatic carbocycles. The van der Waals surface area contributed by atoms with Crippen LogP contribution in [0.25, 0.3) is 0 Å². The van der Waals surface area contributed by atoms with E-state index in [-0.39, 0.29) is 5.97 Å². The monoisotopic (exact) mass is 632 g/mol. The van der Waals surface area contributed by atoms with E-state index in [0.29, 0.717) is 13.0 Å². The summed E-state index contributed by atoms with van der Waals surface area (Å²) in [4.78, 5) is 14.9. The van der Waals surface area contributed by atoms with Crippen LogP contribution >= 0.6 is 0 Å². The van der Waals surface area contributed by atoms with Crippen LogP contribution in [0.15, 0.2) is 12.2 Å². The SMILES string of the molecule is C=C(CC(CCCCCCCCCC)CCCCCCCCC(=O)OCCC(CCC)C(CCC)CCC)C1CCN(C)CC1. The topological polar surface area (TPSA) is 29.5 Å². The molecule has 1 aliphatic heterocycles. The third-order valence-electron chi connectivity index (χ3n) is 11.0. The molecule has 1 aliphatic rings. The van der Waals surface area contributed by atoms with Gasteiger partial charge in [-0.15, -0.1) is 0 Å². The van der Waals surface area contributed by atoms with Crippen LogP contribution in [0.5, 0.6) is 0 Å². The third-order valence-corrected chi connectivity index (χ3v) is 11.0. The Morgan fingerprint density at radius 2 is 1.11 bits per heavy atom. The minimum Gasteiger partial charge on any atom is -0.466 e. The highest BCUT2D eigenvalue weighted by atomic mass is 16.5. The second-order valence-electron chi connectivity index (χ2n) is 15.1. The largest absolute Gasteiger partial charge is 0.466 e. The first-order valence-corrected chi connectivity index (χ1v) is 20.5. The minimum absolute atomic E-state index is 0.0291. The number of ether oxygens (including phenoxy) is 1. The number of carbonyl (C=O) groups excluding carboxylic acids is 1. The lowest BCUT2D eigenvalue weighted by molar-refractivity contribution is -0.144. The molecule has 0 aromatic rings. The number of esters is 1. The molecule has 3 nitrogen and oxygen atoms in total. The van der Waals surface area contributed by atoms with E-state index < -0.39 is 0 Å². The van der Waals surface area contributed by atoms with Crippen LogP contribution in [0.1, 0.15) is 201 Å². The van der Waals surface area contributed by atoms with Gasteiger partial charge in [0.2, 0.25) is 0 Å². The number of likely N-dealkylation sites (tertiary alicyclic amines) is 1. The summed E-state index contributed by atoms with van der Waals surface area (Å²) in [5, 5.41) is 0. The summed E-state index contributed by atoms with van der Waals surface area (Å²) in [6, 6.07) is 0. The zero-order valence-electron chi connectivity index (χ0n) is 31.5. The average molecular weight is 632 g/mol. The van der Waals surface area contributed by atoms with E-state index in [2.05, 4.69) is 46.2 Å². The molecule has 0 aromatic heterocycles. The first-order valence-electron chi connectivity index (χ1n) is 20.5. The van der Waals surface area contributed by atoms with Gasteiger partial charge in [0.15, 0.2) is 0 Å². The van der Waals surface area contributed by atoms with Crippen LogP contribution in [0.2, 0.25) is 0 Å². The van der Waals surface area contributed by atoms with Crippen LogP contribution in [-0.4, -0.2) is 37.6 Å². The summed E-state index contributed by atoms with van der Waals surface area (Å²) < 4.78 is 5.70. The summed E-state index contributed by atoms with van der Waals surface area (Å²) >= 11 is 0. The van der Waals surface area contributed by atoms with Gasteiger partial charge in [-0.05, 0) is 75.9 Å². The lowest BCUT2D eigenvalue weighted by atomic mass is 9.80. The molecule has 1 heterocycles. The van der Waals surface area contributed by atoms with Crippen LogP contribution in [0.3, 0.4) is 0 Å². The van der Waals surface area contributed by atoms with Crippen molar-refractivity contribution in [2.24, 2.45) is 23.7 Å². The number of rotatable bonds is 31. The number of unbranched alkanes of at least 4 members (excludes halogenated alkanes) is 12. The number of hydrogen-bond acceptors (Lipinski definition) is 3. The van der Waals surface area contributed by atoms with Crippen molar-refractivity contribution in [2.45, 2.75) is 201 Å². The van der Waals surface area contributed by atoms with Crippen molar-refractivity contribution in [3.63, 3.8) is 0 Å². The van der Waals surface area contributed by atoms with Gasteiger partial charge in [0.05, 0.1) is 6.61 Å². The van der Waals surface area contributed by atoms with Gasteiger partial charge in [-0.3, -0.25) is 4.79 Å². The van der Waals surface area contributed by atoms with E-state index in [1.807, 2.05) is 0 Å². The average Bonchev–Trinajstić information content (AvgIpc) is 3.03. The summed E-state index contributed by atoms with van der Waals surface area (Å²) in [6.07, 6.45) is 34.7. The maximum atomic E-state index is 12.4. The molecule has 2 unspecified atom stereocenters. The molecule has 0 amide bonds. The van der Waals surface area contributed by atoms with E-state index in [4.69, 9.17) is 4.74 Å². The Morgan fingerprint density at radius 3 is 1.62 bits per heavy atom. The number of allylic oxidation sites excluding steroid dienone is 1. The van der Waals surface area contributed by atoms with Crippen LogP contribution in [0, 0.1) is 23.7 Å². The van der Waals surface area contributed by atoms with Crippen LogP contribution in [-0.2, 0) is 9.53 Å². The molecule has 0 N–H and O–H groups in total. The molecule has 0 radical (unpaired) electrons. The second kappa shape index (κ2) is 29.3. The molecule has 0 saturated carbocycles. The van der Waals surface area contributed by atoms with Crippen molar-refractivity contribution in [2.75, 3.05) is 26.7 Å². The number of hydrogen-bond donors (Lipinski definition) is 0. The van der Waals surface area contributed by atoms with Gasteiger partial charge in [0, 0.05) is 6.42 Å². The molecule has 1 fully saturated rings. The maximum absolute atomic E-state index is 12.4. The van der Waals surface area contributed by atoms with Crippen molar-refractivity contribution >= 4 is 5.97 Å². The number of carbonyl (C=O) groups is 1. The van der Waals surface area contributed by atoms with Gasteiger partial charge in [0.1, 0.15) is 0 Å². The molecule has 45 heavy (non-hydrogen) atoms. The van der Waals surface area contributed by atoms with E-state index in [1.165, 1.54) is 161 Å². The smallest absolute Gasteiger partial charge is 0.305 e. The number of nitrogens with zero attached hydrogens (tertiary/aromatic N) is 1. The molecule has 266 valence electrons. The second-order valence-corrected chi connectivity index (χ2v) is 15.1. The number of piperidine rings is 1. The Kier molecular flexibility index (Phi) is 27.5. The zero-order valence-corrected chi connectivity index (χ0v) is 31.5. The molecule has 0 spiro atoms. The normalized spacial score (nSPS) is 15.9. The fourth-order valence-corrected chi connectivity index (χ4v) is 8.02. The zero-order chi connectivity index (χ0) is 33.0. The Hall–Kier alpha value is -0.830. The highest BCUT2D eigenvalue weighted by Gasteiger charge is 2.22. The lowest BCUT2D eigenvalue weighted by Gasteiger charge is -2.31. The van der Waals surface area contributed by atoms with Crippen LogP contribution < -0.4 is 0 Å². The Labute approximate surface area is 283 Å². The standard InChI is InChI=1S/C42H81NO2/c1-7-11-12-13-14-15-18-21-27-38(36-37(5)39-30-33-43(6)34-31-39)28-22-19-16-17-20-23-29-42(44)45-35-32-41(26-10-4)40(24-8-2)25-9-3/h38-41H,5,7-36H2,1-4,6H3. The summed E-state index contributed by atoms with van der Waals surface area (Å²) in [7, 11) is 2.26. The summed E-state index contributed by atoms with van der Waals surface area (Å²) in [6.45, 7) is 16.9. The van der Waals surface area contributed by atoms with E-state index in [9.17, 15) is 4.79 Å². The predicted octanol–water partition coefficient (Wildman–Crippen LogP) is 13.1. The first kappa shape index (κ1) is 42.2. The van der Waals surface area contributed by atoms with E-state index in [1.54, 1.807) is 5.57 Å². The molecule has 1 saturated heterocycles. The summed E-state index contributed by atoms with van der Waals surface area (Å²) in [5.41, 5.74) is 1.56. The minimum atomic E-state index is 0.0291. The molecule has 0 bridgehead atoms. The van der Waals surface area contributed by atoms with Crippen molar-refractivity contribution in [1.82, 2.24) is 4.90 Å². The van der Waals surface area contributed by atoms with Gasteiger partial charge in [-0.25, -0.2) is 0 Å². The fourth-order valence-electron chi connectivity index (χ4n) is 8.02. The van der Waals surface area contributed by atoms with Gasteiger partial charge in [-0.1, -0.05) is 175 Å². The lowest BCUT2D eigenvalue weighted by Crippen LogP contribution is -2.31. The van der Waals surface area contributed by atoms with Crippen molar-refractivity contribution in [3.8, 4) is 0 Å².